The number of hydrogen-bond donors (Lipinski definition) is 3. The van der Waals surface area contributed by atoms with Crippen LogP contribution in [0.3, 0.4) is 0 Å². The molecule has 1 aliphatic rings. The van der Waals surface area contributed by atoms with Crippen LogP contribution in [0.4, 0.5) is 5.95 Å². The van der Waals surface area contributed by atoms with Crippen molar-refractivity contribution in [3.05, 3.63) is 24.3 Å². The number of anilines is 1. The van der Waals surface area contributed by atoms with Gasteiger partial charge in [-0.1, -0.05) is 18.6 Å². The first-order chi connectivity index (χ1) is 8.86. The summed E-state index contributed by atoms with van der Waals surface area (Å²) in [5.41, 5.74) is 2.06. The zero-order valence-corrected chi connectivity index (χ0v) is 10.4. The molecular formula is C14H19N3O. The zero-order chi connectivity index (χ0) is 12.4. The van der Waals surface area contributed by atoms with Crippen LogP contribution >= 0.6 is 0 Å². The quantitative estimate of drug-likeness (QED) is 0.775. The molecule has 2 atom stereocenters. The number of rotatable bonds is 4. The normalized spacial score (nSPS) is 23.6. The molecule has 4 nitrogen and oxygen atoms in total. The van der Waals surface area contributed by atoms with Crippen LogP contribution in [0.1, 0.15) is 25.7 Å². The lowest BCUT2D eigenvalue weighted by molar-refractivity contribution is 0.254. The number of fused-ring (bicyclic) bond motifs is 1. The summed E-state index contributed by atoms with van der Waals surface area (Å²) < 4.78 is 0. The minimum absolute atomic E-state index is 0.281. The molecule has 0 spiro atoms. The van der Waals surface area contributed by atoms with Crippen LogP contribution < -0.4 is 5.32 Å². The van der Waals surface area contributed by atoms with E-state index in [1.807, 2.05) is 24.3 Å². The standard InChI is InChI=1S/C14H19N3O/c18-9-8-10-4-3-7-11(10)15-14-16-12-5-1-2-6-13(12)17-14/h1-2,5-6,10-11,18H,3-4,7-9H2,(H2,15,16,17). The summed E-state index contributed by atoms with van der Waals surface area (Å²) in [6, 6.07) is 8.49. The van der Waals surface area contributed by atoms with Gasteiger partial charge in [0.05, 0.1) is 11.0 Å². The molecule has 0 aliphatic heterocycles. The largest absolute Gasteiger partial charge is 0.396 e. The number of hydrogen-bond acceptors (Lipinski definition) is 3. The number of imidazole rings is 1. The maximum atomic E-state index is 9.07. The van der Waals surface area contributed by atoms with Crippen LogP contribution in [0, 0.1) is 5.92 Å². The molecule has 1 heterocycles. The monoisotopic (exact) mass is 245 g/mol. The smallest absolute Gasteiger partial charge is 0.201 e. The third kappa shape index (κ3) is 2.20. The van der Waals surface area contributed by atoms with Gasteiger partial charge in [-0.05, 0) is 37.3 Å². The number of aliphatic hydroxyl groups is 1. The summed E-state index contributed by atoms with van der Waals surface area (Å²) in [5, 5.41) is 12.6. The lowest BCUT2D eigenvalue weighted by Gasteiger charge is -2.19. The van der Waals surface area contributed by atoms with E-state index in [2.05, 4.69) is 15.3 Å². The molecule has 18 heavy (non-hydrogen) atoms. The molecule has 0 bridgehead atoms. The van der Waals surface area contributed by atoms with Crippen LogP contribution in [-0.4, -0.2) is 27.7 Å². The van der Waals surface area contributed by atoms with E-state index in [-0.39, 0.29) is 6.61 Å². The lowest BCUT2D eigenvalue weighted by atomic mass is 10.0. The van der Waals surface area contributed by atoms with Crippen molar-refractivity contribution in [2.45, 2.75) is 31.7 Å². The zero-order valence-electron chi connectivity index (χ0n) is 10.4. The Morgan fingerprint density at radius 3 is 3.06 bits per heavy atom. The van der Waals surface area contributed by atoms with E-state index in [0.717, 1.165) is 23.4 Å². The fourth-order valence-electron chi connectivity index (χ4n) is 2.93. The Labute approximate surface area is 106 Å². The van der Waals surface area contributed by atoms with Crippen LogP contribution in [-0.2, 0) is 0 Å². The molecule has 0 amide bonds. The van der Waals surface area contributed by atoms with E-state index in [9.17, 15) is 0 Å². The highest BCUT2D eigenvalue weighted by Gasteiger charge is 2.27. The summed E-state index contributed by atoms with van der Waals surface area (Å²) in [5.74, 6) is 1.43. The van der Waals surface area contributed by atoms with E-state index in [1.54, 1.807) is 0 Å². The van der Waals surface area contributed by atoms with Crippen molar-refractivity contribution in [1.82, 2.24) is 9.97 Å². The lowest BCUT2D eigenvalue weighted by Crippen LogP contribution is -2.25. The Kier molecular flexibility index (Phi) is 3.19. The average Bonchev–Trinajstić information content (AvgIpc) is 2.97. The van der Waals surface area contributed by atoms with Crippen molar-refractivity contribution < 1.29 is 5.11 Å². The Bertz CT molecular complexity index is 489. The van der Waals surface area contributed by atoms with Gasteiger partial charge >= 0.3 is 0 Å². The topological polar surface area (TPSA) is 60.9 Å². The van der Waals surface area contributed by atoms with Gasteiger partial charge in [0, 0.05) is 12.6 Å². The Hall–Kier alpha value is -1.55. The number of benzene rings is 1. The van der Waals surface area contributed by atoms with Gasteiger partial charge < -0.3 is 15.4 Å². The van der Waals surface area contributed by atoms with Crippen LogP contribution in [0.5, 0.6) is 0 Å². The van der Waals surface area contributed by atoms with Gasteiger partial charge in [0.15, 0.2) is 0 Å². The molecule has 0 radical (unpaired) electrons. The molecule has 4 heteroatoms. The summed E-state index contributed by atoms with van der Waals surface area (Å²) in [6.45, 7) is 0.281. The molecule has 1 aromatic heterocycles. The van der Waals surface area contributed by atoms with E-state index in [4.69, 9.17) is 5.11 Å². The first kappa shape index (κ1) is 11.5. The molecule has 1 fully saturated rings. The number of aromatic amines is 1. The van der Waals surface area contributed by atoms with Crippen molar-refractivity contribution in [2.75, 3.05) is 11.9 Å². The van der Waals surface area contributed by atoms with Gasteiger partial charge in [0.1, 0.15) is 0 Å². The van der Waals surface area contributed by atoms with Crippen LogP contribution in [0.25, 0.3) is 11.0 Å². The van der Waals surface area contributed by atoms with Crippen molar-refractivity contribution in [1.29, 1.82) is 0 Å². The fourth-order valence-corrected chi connectivity index (χ4v) is 2.93. The summed E-state index contributed by atoms with van der Waals surface area (Å²) in [4.78, 5) is 7.84. The minimum atomic E-state index is 0.281. The molecule has 96 valence electrons. The summed E-state index contributed by atoms with van der Waals surface area (Å²) in [7, 11) is 0. The second-order valence-corrected chi connectivity index (χ2v) is 5.06. The number of nitrogens with one attached hydrogen (secondary N) is 2. The first-order valence-electron chi connectivity index (χ1n) is 6.69. The molecule has 0 saturated heterocycles. The summed E-state index contributed by atoms with van der Waals surface area (Å²) in [6.07, 6.45) is 4.50. The molecule has 1 aromatic carbocycles. The molecule has 1 aliphatic carbocycles. The minimum Gasteiger partial charge on any atom is -0.396 e. The molecule has 3 rings (SSSR count). The molecular weight excluding hydrogens is 226 g/mol. The van der Waals surface area contributed by atoms with E-state index < -0.39 is 0 Å². The highest BCUT2D eigenvalue weighted by molar-refractivity contribution is 5.77. The first-order valence-corrected chi connectivity index (χ1v) is 6.69. The van der Waals surface area contributed by atoms with Crippen LogP contribution in [0.15, 0.2) is 24.3 Å². The third-order valence-electron chi connectivity index (χ3n) is 3.87. The van der Waals surface area contributed by atoms with Crippen molar-refractivity contribution in [3.8, 4) is 0 Å². The number of H-pyrrole nitrogens is 1. The van der Waals surface area contributed by atoms with Crippen LogP contribution in [0.2, 0.25) is 0 Å². The maximum Gasteiger partial charge on any atom is 0.201 e. The van der Waals surface area contributed by atoms with E-state index in [1.165, 1.54) is 19.3 Å². The predicted octanol–water partition coefficient (Wildman–Crippen LogP) is 2.53. The van der Waals surface area contributed by atoms with Crippen molar-refractivity contribution in [2.24, 2.45) is 5.92 Å². The Morgan fingerprint density at radius 2 is 2.22 bits per heavy atom. The van der Waals surface area contributed by atoms with Gasteiger partial charge in [-0.15, -0.1) is 0 Å². The van der Waals surface area contributed by atoms with Gasteiger partial charge in [0.2, 0.25) is 5.95 Å². The van der Waals surface area contributed by atoms with Gasteiger partial charge in [0.25, 0.3) is 0 Å². The fraction of sp³-hybridized carbons (Fsp3) is 0.500. The van der Waals surface area contributed by atoms with Gasteiger partial charge in [-0.2, -0.15) is 0 Å². The average molecular weight is 245 g/mol. The molecule has 2 unspecified atom stereocenters. The Balaban J connectivity index is 1.75. The number of aliphatic hydroxyl groups excluding tert-OH is 1. The maximum absolute atomic E-state index is 9.07. The molecule has 1 saturated carbocycles. The molecule has 3 N–H and O–H groups in total. The Morgan fingerprint density at radius 1 is 1.33 bits per heavy atom. The SMILES string of the molecule is OCCC1CCCC1Nc1nc2ccccc2[nH]1. The third-order valence-corrected chi connectivity index (χ3v) is 3.87. The highest BCUT2D eigenvalue weighted by atomic mass is 16.3. The number of aromatic nitrogens is 2. The number of nitrogens with zero attached hydrogens (tertiary/aromatic N) is 1. The second kappa shape index (κ2) is 4.98. The van der Waals surface area contributed by atoms with Gasteiger partial charge in [-0.25, -0.2) is 4.98 Å². The van der Waals surface area contributed by atoms with E-state index >= 15 is 0 Å². The summed E-state index contributed by atoms with van der Waals surface area (Å²) >= 11 is 0. The van der Waals surface area contributed by atoms with Crippen molar-refractivity contribution in [3.63, 3.8) is 0 Å². The molecule has 2 aromatic rings. The second-order valence-electron chi connectivity index (χ2n) is 5.06. The number of para-hydroxylation sites is 2. The van der Waals surface area contributed by atoms with E-state index in [0.29, 0.717) is 12.0 Å². The van der Waals surface area contributed by atoms with Gasteiger partial charge in [-0.3, -0.25) is 0 Å². The van der Waals surface area contributed by atoms with Crippen molar-refractivity contribution >= 4 is 17.0 Å². The predicted molar refractivity (Wildman–Crippen MR) is 72.5 cm³/mol. The highest BCUT2D eigenvalue weighted by Crippen LogP contribution is 2.30.